The Balaban J connectivity index is 1.98. The van der Waals surface area contributed by atoms with E-state index in [9.17, 15) is 0 Å². The van der Waals surface area contributed by atoms with Crippen LogP contribution in [0.25, 0.3) is 0 Å². The molecule has 1 atom stereocenters. The topological polar surface area (TPSA) is 30.5 Å². The first-order chi connectivity index (χ1) is 10.7. The molecule has 0 heterocycles. The molecule has 22 heavy (non-hydrogen) atoms. The largest absolute Gasteiger partial charge is 0.493 e. The summed E-state index contributed by atoms with van der Waals surface area (Å²) in [4.78, 5) is 0. The highest BCUT2D eigenvalue weighted by Gasteiger charge is 2.08. The minimum atomic E-state index is 0.309. The van der Waals surface area contributed by atoms with E-state index < -0.39 is 0 Å². The number of methoxy groups -OCH3 is 1. The van der Waals surface area contributed by atoms with Crippen LogP contribution >= 0.6 is 0 Å². The maximum atomic E-state index is 5.68. The van der Waals surface area contributed by atoms with Gasteiger partial charge in [-0.15, -0.1) is 0 Å². The van der Waals surface area contributed by atoms with Gasteiger partial charge in [-0.25, -0.2) is 0 Å². The molecule has 2 aromatic rings. The van der Waals surface area contributed by atoms with Crippen molar-refractivity contribution in [3.05, 3.63) is 59.7 Å². The van der Waals surface area contributed by atoms with E-state index in [0.29, 0.717) is 12.6 Å². The molecule has 0 bridgehead atoms. The van der Waals surface area contributed by atoms with Gasteiger partial charge in [0.2, 0.25) is 0 Å². The van der Waals surface area contributed by atoms with E-state index in [4.69, 9.17) is 9.47 Å². The van der Waals surface area contributed by atoms with Crippen LogP contribution in [0.15, 0.2) is 48.5 Å². The fourth-order valence-corrected chi connectivity index (χ4v) is 2.28. The average molecular weight is 299 g/mol. The SMILES string of the molecule is CCCOc1ccc(CN[C@@H](C)c2ccccc2)cc1OC. The van der Waals surface area contributed by atoms with Crippen LogP contribution in [0.3, 0.4) is 0 Å². The molecule has 3 nitrogen and oxygen atoms in total. The van der Waals surface area contributed by atoms with Crippen LogP contribution in [0.5, 0.6) is 11.5 Å². The summed E-state index contributed by atoms with van der Waals surface area (Å²) in [5.74, 6) is 1.60. The Morgan fingerprint density at radius 2 is 1.82 bits per heavy atom. The minimum absolute atomic E-state index is 0.309. The van der Waals surface area contributed by atoms with E-state index >= 15 is 0 Å². The summed E-state index contributed by atoms with van der Waals surface area (Å²) in [6.45, 7) is 5.76. The summed E-state index contributed by atoms with van der Waals surface area (Å²) in [5, 5.41) is 3.53. The standard InChI is InChI=1S/C19H25NO2/c1-4-12-22-18-11-10-16(13-19(18)21-3)14-20-15(2)17-8-6-5-7-9-17/h5-11,13,15,20H,4,12,14H2,1-3H3/t15-/m0/s1. The highest BCUT2D eigenvalue weighted by Crippen LogP contribution is 2.28. The first-order valence-corrected chi connectivity index (χ1v) is 7.82. The Morgan fingerprint density at radius 1 is 1.05 bits per heavy atom. The lowest BCUT2D eigenvalue weighted by atomic mass is 10.1. The van der Waals surface area contributed by atoms with Crippen LogP contribution in [0.1, 0.15) is 37.4 Å². The number of nitrogens with one attached hydrogen (secondary N) is 1. The third-order valence-corrected chi connectivity index (χ3v) is 3.60. The fraction of sp³-hybridized carbons (Fsp3) is 0.368. The van der Waals surface area contributed by atoms with Crippen molar-refractivity contribution in [2.75, 3.05) is 13.7 Å². The highest BCUT2D eigenvalue weighted by molar-refractivity contribution is 5.43. The van der Waals surface area contributed by atoms with Gasteiger partial charge < -0.3 is 14.8 Å². The molecule has 0 aliphatic heterocycles. The Bertz CT molecular complexity index is 569. The van der Waals surface area contributed by atoms with Gasteiger partial charge in [-0.2, -0.15) is 0 Å². The zero-order valence-electron chi connectivity index (χ0n) is 13.6. The number of ether oxygens (including phenoxy) is 2. The van der Waals surface area contributed by atoms with Gasteiger partial charge in [-0.3, -0.25) is 0 Å². The van der Waals surface area contributed by atoms with Gasteiger partial charge in [0.05, 0.1) is 13.7 Å². The van der Waals surface area contributed by atoms with Gasteiger partial charge in [0, 0.05) is 12.6 Å². The first kappa shape index (κ1) is 16.4. The van der Waals surface area contributed by atoms with Crippen LogP contribution in [0.2, 0.25) is 0 Å². The van der Waals surface area contributed by atoms with Crippen LogP contribution in [0, 0.1) is 0 Å². The van der Waals surface area contributed by atoms with Gasteiger partial charge in [-0.05, 0) is 36.6 Å². The van der Waals surface area contributed by atoms with E-state index in [2.05, 4.69) is 49.5 Å². The number of benzene rings is 2. The van der Waals surface area contributed by atoms with E-state index in [-0.39, 0.29) is 0 Å². The molecule has 0 aromatic heterocycles. The third-order valence-electron chi connectivity index (χ3n) is 3.60. The smallest absolute Gasteiger partial charge is 0.161 e. The van der Waals surface area contributed by atoms with Crippen LogP contribution in [0.4, 0.5) is 0 Å². The third kappa shape index (κ3) is 4.50. The molecule has 0 saturated heterocycles. The highest BCUT2D eigenvalue weighted by atomic mass is 16.5. The summed E-state index contributed by atoms with van der Waals surface area (Å²) < 4.78 is 11.1. The zero-order chi connectivity index (χ0) is 15.8. The fourth-order valence-electron chi connectivity index (χ4n) is 2.28. The van der Waals surface area contributed by atoms with Crippen LogP contribution < -0.4 is 14.8 Å². The number of hydrogen-bond acceptors (Lipinski definition) is 3. The Labute approximate surface area is 133 Å². The molecule has 2 aromatic carbocycles. The molecule has 0 fully saturated rings. The van der Waals surface area contributed by atoms with Crippen molar-refractivity contribution in [2.24, 2.45) is 0 Å². The predicted octanol–water partition coefficient (Wildman–Crippen LogP) is 4.33. The monoisotopic (exact) mass is 299 g/mol. The van der Waals surface area contributed by atoms with Crippen molar-refractivity contribution in [1.29, 1.82) is 0 Å². The molecular weight excluding hydrogens is 274 g/mol. The van der Waals surface area contributed by atoms with Gasteiger partial charge in [-0.1, -0.05) is 43.3 Å². The Kier molecular flexibility index (Phi) is 6.28. The molecule has 0 saturated carbocycles. The Morgan fingerprint density at radius 3 is 2.50 bits per heavy atom. The van der Waals surface area contributed by atoms with E-state index in [1.165, 1.54) is 11.1 Å². The van der Waals surface area contributed by atoms with Gasteiger partial charge in [0.1, 0.15) is 0 Å². The molecule has 0 unspecified atom stereocenters. The molecule has 2 rings (SSSR count). The van der Waals surface area contributed by atoms with Crippen molar-refractivity contribution >= 4 is 0 Å². The molecule has 118 valence electrons. The lowest BCUT2D eigenvalue weighted by Crippen LogP contribution is -2.18. The van der Waals surface area contributed by atoms with Crippen LogP contribution in [-0.4, -0.2) is 13.7 Å². The van der Waals surface area contributed by atoms with Crippen molar-refractivity contribution in [1.82, 2.24) is 5.32 Å². The molecule has 1 N–H and O–H groups in total. The van der Waals surface area contributed by atoms with E-state index in [0.717, 1.165) is 24.5 Å². The summed E-state index contributed by atoms with van der Waals surface area (Å²) in [5.41, 5.74) is 2.47. The van der Waals surface area contributed by atoms with Crippen LogP contribution in [-0.2, 0) is 6.54 Å². The maximum Gasteiger partial charge on any atom is 0.161 e. The summed E-state index contributed by atoms with van der Waals surface area (Å²) >= 11 is 0. The molecule has 0 aliphatic carbocycles. The molecule has 0 radical (unpaired) electrons. The second-order valence-corrected chi connectivity index (χ2v) is 5.35. The predicted molar refractivity (Wildman–Crippen MR) is 90.5 cm³/mol. The number of hydrogen-bond donors (Lipinski definition) is 1. The summed E-state index contributed by atoms with van der Waals surface area (Å²) in [6, 6.07) is 16.9. The lowest BCUT2D eigenvalue weighted by molar-refractivity contribution is 0.294. The molecule has 0 amide bonds. The second kappa shape index (κ2) is 8.44. The maximum absolute atomic E-state index is 5.68. The van der Waals surface area contributed by atoms with Crippen molar-refractivity contribution in [3.8, 4) is 11.5 Å². The second-order valence-electron chi connectivity index (χ2n) is 5.35. The van der Waals surface area contributed by atoms with E-state index in [1.54, 1.807) is 7.11 Å². The molecule has 0 spiro atoms. The summed E-state index contributed by atoms with van der Waals surface area (Å²) in [6.07, 6.45) is 0.987. The van der Waals surface area contributed by atoms with E-state index in [1.807, 2.05) is 18.2 Å². The molecule has 0 aliphatic rings. The summed E-state index contributed by atoms with van der Waals surface area (Å²) in [7, 11) is 1.68. The average Bonchev–Trinajstić information content (AvgIpc) is 2.58. The normalized spacial score (nSPS) is 12.0. The Hall–Kier alpha value is -2.00. The first-order valence-electron chi connectivity index (χ1n) is 7.82. The molecular formula is C19H25NO2. The van der Waals surface area contributed by atoms with Gasteiger partial charge >= 0.3 is 0 Å². The van der Waals surface area contributed by atoms with Gasteiger partial charge in [0.25, 0.3) is 0 Å². The zero-order valence-corrected chi connectivity index (χ0v) is 13.6. The van der Waals surface area contributed by atoms with Gasteiger partial charge in [0.15, 0.2) is 11.5 Å². The van der Waals surface area contributed by atoms with Crippen molar-refractivity contribution in [3.63, 3.8) is 0 Å². The minimum Gasteiger partial charge on any atom is -0.493 e. The lowest BCUT2D eigenvalue weighted by Gasteiger charge is -2.16. The number of rotatable bonds is 8. The molecule has 3 heteroatoms. The van der Waals surface area contributed by atoms with Crippen molar-refractivity contribution < 1.29 is 9.47 Å². The van der Waals surface area contributed by atoms with Crippen molar-refractivity contribution in [2.45, 2.75) is 32.9 Å². The quantitative estimate of drug-likeness (QED) is 0.786.